The van der Waals surface area contributed by atoms with E-state index in [2.05, 4.69) is 6.58 Å². The summed E-state index contributed by atoms with van der Waals surface area (Å²) >= 11 is 0. The summed E-state index contributed by atoms with van der Waals surface area (Å²) in [7, 11) is 0. The molecule has 6 heteroatoms. The van der Waals surface area contributed by atoms with E-state index in [1.54, 1.807) is 12.1 Å². The molecule has 0 radical (unpaired) electrons. The number of hydrogen-bond donors (Lipinski definition) is 1. The number of alkyl halides is 3. The van der Waals surface area contributed by atoms with Crippen molar-refractivity contribution in [3.05, 3.63) is 30.3 Å². The molecule has 1 N–H and O–H groups in total. The van der Waals surface area contributed by atoms with Crippen molar-refractivity contribution in [2.24, 2.45) is 0 Å². The van der Waals surface area contributed by atoms with Crippen molar-refractivity contribution in [3.63, 3.8) is 0 Å². The van der Waals surface area contributed by atoms with Crippen molar-refractivity contribution >= 4 is 12.0 Å². The average Bonchev–Trinajstić information content (AvgIpc) is 2.14. The minimum Gasteiger partial charge on any atom is -0.508 e. The molecule has 0 aliphatic rings. The predicted molar refractivity (Wildman–Crippen MR) is 61.2 cm³/mol. The van der Waals surface area contributed by atoms with E-state index in [1.807, 2.05) is 0 Å². The number of benzene rings is 1. The minimum atomic E-state index is -4.00. The Labute approximate surface area is 103 Å². The fraction of sp³-hybridized carbons (Fsp3) is 0.250. The molecule has 0 unspecified atom stereocenters. The number of hydrogen-bond acceptors (Lipinski definition) is 3. The lowest BCUT2D eigenvalue weighted by Gasteiger charge is -2.05. The van der Waals surface area contributed by atoms with Crippen molar-refractivity contribution in [1.29, 1.82) is 0 Å². The van der Waals surface area contributed by atoms with Crippen LogP contribution in [-0.4, -0.2) is 17.3 Å². The lowest BCUT2D eigenvalue weighted by molar-refractivity contribution is -0.131. The number of halogens is 3. The van der Waals surface area contributed by atoms with Gasteiger partial charge in [-0.15, -0.1) is 0 Å². The van der Waals surface area contributed by atoms with Gasteiger partial charge in [0.05, 0.1) is 0 Å². The molecule has 0 aromatic heterocycles. The Balaban J connectivity index is 0.000000494. The molecule has 0 atom stereocenters. The smallest absolute Gasteiger partial charge is 0.386 e. The van der Waals surface area contributed by atoms with Crippen molar-refractivity contribution in [1.82, 2.24) is 0 Å². The van der Waals surface area contributed by atoms with Gasteiger partial charge in [-0.1, -0.05) is 12.7 Å². The van der Waals surface area contributed by atoms with Gasteiger partial charge in [0.25, 0.3) is 0 Å². The van der Waals surface area contributed by atoms with Crippen LogP contribution in [0.15, 0.2) is 24.8 Å². The number of aromatic hydroxyl groups is 1. The van der Waals surface area contributed by atoms with E-state index >= 15 is 0 Å². The molecule has 0 fully saturated rings. The fourth-order valence-electron chi connectivity index (χ4n) is 0.935. The third-order valence-electron chi connectivity index (χ3n) is 1.47. The summed E-state index contributed by atoms with van der Waals surface area (Å²) in [5, 5.41) is 9.12. The molecule has 1 aromatic rings. The monoisotopic (exact) mass is 262 g/mol. The number of ether oxygens (including phenoxy) is 1. The SMILES string of the molecule is C=Cc1ccc(O)cc1OC(C)=O.CC(F)(F)F. The molecular weight excluding hydrogens is 249 g/mol. The van der Waals surface area contributed by atoms with Gasteiger partial charge in [-0.2, -0.15) is 13.2 Å². The van der Waals surface area contributed by atoms with Crippen LogP contribution in [0.2, 0.25) is 0 Å². The van der Waals surface area contributed by atoms with E-state index in [-0.39, 0.29) is 12.7 Å². The highest BCUT2D eigenvalue weighted by Crippen LogP contribution is 2.24. The molecule has 1 rings (SSSR count). The molecule has 0 saturated carbocycles. The second-order valence-corrected chi connectivity index (χ2v) is 3.30. The topological polar surface area (TPSA) is 46.5 Å². The van der Waals surface area contributed by atoms with Gasteiger partial charge in [0.15, 0.2) is 0 Å². The van der Waals surface area contributed by atoms with Gasteiger partial charge in [-0.3, -0.25) is 4.79 Å². The van der Waals surface area contributed by atoms with Crippen molar-refractivity contribution < 1.29 is 27.8 Å². The minimum absolute atomic E-state index is 0.0573. The number of phenols is 1. The van der Waals surface area contributed by atoms with E-state index < -0.39 is 12.1 Å². The third-order valence-corrected chi connectivity index (χ3v) is 1.47. The molecule has 18 heavy (non-hydrogen) atoms. The highest BCUT2D eigenvalue weighted by molar-refractivity contribution is 5.72. The zero-order valence-electron chi connectivity index (χ0n) is 9.91. The van der Waals surface area contributed by atoms with Gasteiger partial charge in [0.2, 0.25) is 0 Å². The first-order chi connectivity index (χ1) is 8.13. The normalized spacial score (nSPS) is 10.1. The summed E-state index contributed by atoms with van der Waals surface area (Å²) in [5.41, 5.74) is 0.674. The highest BCUT2D eigenvalue weighted by atomic mass is 19.4. The molecule has 0 aliphatic heterocycles. The third kappa shape index (κ3) is 8.20. The van der Waals surface area contributed by atoms with Gasteiger partial charge >= 0.3 is 12.1 Å². The standard InChI is InChI=1S/C10H10O3.C2H3F3/c1-3-8-4-5-9(12)6-10(8)13-7(2)11;1-2(3,4)5/h3-6,12H,1H2,2H3;1H3. The van der Waals surface area contributed by atoms with Gasteiger partial charge in [-0.05, 0) is 12.1 Å². The molecule has 1 aromatic carbocycles. The fourth-order valence-corrected chi connectivity index (χ4v) is 0.935. The Bertz CT molecular complexity index is 419. The van der Waals surface area contributed by atoms with Crippen LogP contribution in [0.4, 0.5) is 13.2 Å². The zero-order valence-corrected chi connectivity index (χ0v) is 9.91. The van der Waals surface area contributed by atoms with Crippen LogP contribution in [-0.2, 0) is 4.79 Å². The van der Waals surface area contributed by atoms with Crippen LogP contribution < -0.4 is 4.74 Å². The summed E-state index contributed by atoms with van der Waals surface area (Å²) in [6.07, 6.45) is -2.45. The molecule has 0 amide bonds. The summed E-state index contributed by atoms with van der Waals surface area (Å²) in [4.78, 5) is 10.7. The Morgan fingerprint density at radius 2 is 1.94 bits per heavy atom. The van der Waals surface area contributed by atoms with Gasteiger partial charge in [0, 0.05) is 25.5 Å². The summed E-state index contributed by atoms with van der Waals surface area (Å²) < 4.78 is 35.9. The Morgan fingerprint density at radius 3 is 2.33 bits per heavy atom. The van der Waals surface area contributed by atoms with E-state index in [1.165, 1.54) is 19.1 Å². The van der Waals surface area contributed by atoms with Crippen molar-refractivity contribution in [3.8, 4) is 11.5 Å². The maximum absolute atomic E-state index is 10.7. The van der Waals surface area contributed by atoms with Crippen LogP contribution in [0.3, 0.4) is 0 Å². The van der Waals surface area contributed by atoms with Gasteiger partial charge < -0.3 is 9.84 Å². The van der Waals surface area contributed by atoms with E-state index in [9.17, 15) is 18.0 Å². The predicted octanol–water partition coefficient (Wildman–Crippen LogP) is 3.53. The molecule has 0 aliphatic carbocycles. The molecule has 0 saturated heterocycles. The molecule has 0 spiro atoms. The Kier molecular flexibility index (Phi) is 5.95. The number of esters is 1. The molecule has 100 valence electrons. The second kappa shape index (κ2) is 6.68. The lowest BCUT2D eigenvalue weighted by Crippen LogP contribution is -2.02. The number of rotatable bonds is 2. The Hall–Kier alpha value is -1.98. The summed E-state index contributed by atoms with van der Waals surface area (Å²) in [6, 6.07) is 4.50. The first-order valence-electron chi connectivity index (χ1n) is 4.84. The maximum atomic E-state index is 10.7. The van der Waals surface area contributed by atoms with Crippen LogP contribution in [0.25, 0.3) is 6.08 Å². The first-order valence-corrected chi connectivity index (χ1v) is 4.84. The molecule has 0 bridgehead atoms. The average molecular weight is 262 g/mol. The van der Waals surface area contributed by atoms with E-state index in [0.717, 1.165) is 0 Å². The van der Waals surface area contributed by atoms with Crippen LogP contribution >= 0.6 is 0 Å². The number of carbonyl (C=O) groups is 1. The first kappa shape index (κ1) is 16.0. The van der Waals surface area contributed by atoms with Crippen LogP contribution in [0, 0.1) is 0 Å². The second-order valence-electron chi connectivity index (χ2n) is 3.30. The maximum Gasteiger partial charge on any atom is 0.386 e. The van der Waals surface area contributed by atoms with Gasteiger partial charge in [0.1, 0.15) is 11.5 Å². The van der Waals surface area contributed by atoms with Gasteiger partial charge in [-0.25, -0.2) is 0 Å². The van der Waals surface area contributed by atoms with E-state index in [4.69, 9.17) is 9.84 Å². The summed E-state index contributed by atoms with van der Waals surface area (Å²) in [6.45, 7) is 5.05. The molecule has 0 heterocycles. The quantitative estimate of drug-likeness (QED) is 0.655. The number of carbonyl (C=O) groups excluding carboxylic acids is 1. The Morgan fingerprint density at radius 1 is 1.44 bits per heavy atom. The largest absolute Gasteiger partial charge is 0.508 e. The van der Waals surface area contributed by atoms with Crippen LogP contribution in [0.5, 0.6) is 11.5 Å². The zero-order chi connectivity index (χ0) is 14.3. The van der Waals surface area contributed by atoms with Crippen molar-refractivity contribution in [2.75, 3.05) is 0 Å². The van der Waals surface area contributed by atoms with Crippen molar-refractivity contribution in [2.45, 2.75) is 20.0 Å². The highest BCUT2D eigenvalue weighted by Gasteiger charge is 2.15. The lowest BCUT2D eigenvalue weighted by atomic mass is 10.2. The molecular formula is C12H13F3O3. The van der Waals surface area contributed by atoms with Crippen LogP contribution in [0.1, 0.15) is 19.4 Å². The summed E-state index contributed by atoms with van der Waals surface area (Å²) in [5.74, 6) is -0.0435. The number of phenolic OH excluding ortho intramolecular Hbond substituents is 1. The molecule has 3 nitrogen and oxygen atoms in total. The van der Waals surface area contributed by atoms with E-state index in [0.29, 0.717) is 11.3 Å².